The van der Waals surface area contributed by atoms with Gasteiger partial charge in [-0.2, -0.15) is 8.78 Å². The van der Waals surface area contributed by atoms with Crippen LogP contribution in [-0.4, -0.2) is 59.8 Å². The lowest BCUT2D eigenvalue weighted by Crippen LogP contribution is -2.54. The third-order valence-corrected chi connectivity index (χ3v) is 6.29. The molecule has 10 nitrogen and oxygen atoms in total. The number of carboxylic acid groups (broad SMARTS) is 1. The molecule has 4 N–H and O–H groups in total. The van der Waals surface area contributed by atoms with Gasteiger partial charge >= 0.3 is 17.8 Å². The number of rotatable bonds is 12. The number of aliphatic carboxylic acids is 1. The van der Waals surface area contributed by atoms with E-state index in [1.807, 2.05) is 35.6 Å². The van der Waals surface area contributed by atoms with Gasteiger partial charge in [0.2, 0.25) is 17.5 Å². The summed E-state index contributed by atoms with van der Waals surface area (Å²) in [6.45, 7) is 0.0860. The Labute approximate surface area is 225 Å². The number of carbonyl (C=O) groups excluding carboxylic acids is 4. The average Bonchev–Trinajstić information content (AvgIpc) is 3.71. The summed E-state index contributed by atoms with van der Waals surface area (Å²) < 4.78 is 58.7. The molecular weight excluding hydrogens is 542 g/mol. The molecular formula is C26H25F4N3O7. The van der Waals surface area contributed by atoms with Crippen LogP contribution in [-0.2, 0) is 29.4 Å². The molecule has 3 amide bonds. The molecule has 0 saturated heterocycles. The third-order valence-electron chi connectivity index (χ3n) is 6.29. The van der Waals surface area contributed by atoms with Gasteiger partial charge in [-0.1, -0.05) is 30.3 Å². The zero-order chi connectivity index (χ0) is 29.6. The quantitative estimate of drug-likeness (QED) is 0.172. The lowest BCUT2D eigenvalue weighted by Gasteiger charge is -2.20. The number of benzene rings is 2. The molecule has 0 bridgehead atoms. The Morgan fingerprint density at radius 3 is 2.10 bits per heavy atom. The van der Waals surface area contributed by atoms with E-state index in [2.05, 4.69) is 15.4 Å². The Hall–Kier alpha value is -4.49. The van der Waals surface area contributed by atoms with Crippen LogP contribution in [0.25, 0.3) is 0 Å². The Balaban J connectivity index is 1.55. The van der Waals surface area contributed by atoms with Crippen LogP contribution in [0.4, 0.5) is 17.6 Å². The molecule has 2 atom stereocenters. The molecule has 14 heteroatoms. The van der Waals surface area contributed by atoms with Crippen LogP contribution in [0.1, 0.15) is 31.7 Å². The van der Waals surface area contributed by atoms with Gasteiger partial charge in [-0.3, -0.25) is 24.0 Å². The molecule has 40 heavy (non-hydrogen) atoms. The van der Waals surface area contributed by atoms with E-state index in [-0.39, 0.29) is 18.0 Å². The normalized spacial score (nSPS) is 14.8. The fraction of sp³-hybridized carbons (Fsp3) is 0.346. The first kappa shape index (κ1) is 30.1. The molecule has 1 fully saturated rings. The number of nitrogens with one attached hydrogen (secondary N) is 3. The molecule has 1 aliphatic carbocycles. The molecule has 0 unspecified atom stereocenters. The summed E-state index contributed by atoms with van der Waals surface area (Å²) >= 11 is 0. The van der Waals surface area contributed by atoms with Gasteiger partial charge in [0, 0.05) is 18.0 Å². The number of hydrogen-bond donors (Lipinski definition) is 4. The summed E-state index contributed by atoms with van der Waals surface area (Å²) in [7, 11) is 0. The molecule has 0 radical (unpaired) electrons. The van der Waals surface area contributed by atoms with E-state index in [9.17, 15) is 41.5 Å². The second-order valence-corrected chi connectivity index (χ2v) is 9.24. The molecule has 214 valence electrons. The zero-order valence-corrected chi connectivity index (χ0v) is 21.1. The number of hydrogen-bond acceptors (Lipinski definition) is 6. The minimum Gasteiger partial charge on any atom is -0.481 e. The highest BCUT2D eigenvalue weighted by Gasteiger charge is 2.44. The van der Waals surface area contributed by atoms with Gasteiger partial charge in [0.1, 0.15) is 18.7 Å². The monoisotopic (exact) mass is 567 g/mol. The number of ketones is 1. The van der Waals surface area contributed by atoms with Crippen LogP contribution in [0, 0.1) is 23.3 Å². The molecule has 1 saturated carbocycles. The Bertz CT molecular complexity index is 1290. The van der Waals surface area contributed by atoms with Crippen LogP contribution in [0.3, 0.4) is 0 Å². The summed E-state index contributed by atoms with van der Waals surface area (Å²) in [5.74, 6) is -15.0. The number of ether oxygens (including phenoxy) is 1. The van der Waals surface area contributed by atoms with Crippen molar-refractivity contribution >= 4 is 29.5 Å². The Morgan fingerprint density at radius 1 is 0.950 bits per heavy atom. The second-order valence-electron chi connectivity index (χ2n) is 9.24. The smallest absolute Gasteiger partial charge is 0.309 e. The summed E-state index contributed by atoms with van der Waals surface area (Å²) in [5, 5.41) is 15.8. The number of halogens is 4. The van der Waals surface area contributed by atoms with E-state index in [1.54, 1.807) is 0 Å². The lowest BCUT2D eigenvalue weighted by atomic mass is 9.96. The number of carbonyl (C=O) groups is 5. The predicted molar refractivity (Wildman–Crippen MR) is 129 cm³/mol. The second kappa shape index (κ2) is 12.6. The van der Waals surface area contributed by atoms with Crippen LogP contribution in [0.15, 0.2) is 36.4 Å². The minimum atomic E-state index is -1.92. The van der Waals surface area contributed by atoms with Gasteiger partial charge in [-0.15, -0.1) is 0 Å². The fourth-order valence-electron chi connectivity index (χ4n) is 3.81. The number of amides is 3. The molecule has 0 heterocycles. The lowest BCUT2D eigenvalue weighted by molar-refractivity contribution is -0.142. The van der Waals surface area contributed by atoms with Gasteiger partial charge in [-0.05, 0) is 25.3 Å². The molecule has 0 aromatic heterocycles. The highest BCUT2D eigenvalue weighted by atomic mass is 19.2. The maximum absolute atomic E-state index is 13.8. The van der Waals surface area contributed by atoms with Gasteiger partial charge in [0.05, 0.1) is 6.42 Å². The predicted octanol–water partition coefficient (Wildman–Crippen LogP) is 1.50. The van der Waals surface area contributed by atoms with Crippen LogP contribution >= 0.6 is 0 Å². The van der Waals surface area contributed by atoms with E-state index in [0.29, 0.717) is 0 Å². The molecule has 1 aliphatic rings. The van der Waals surface area contributed by atoms with Gasteiger partial charge in [0.25, 0.3) is 0 Å². The number of Topliss-reactive ketones (excluding diaryl/α,β-unsaturated/α-hetero) is 1. The third kappa shape index (κ3) is 7.33. The van der Waals surface area contributed by atoms with Crippen molar-refractivity contribution in [3.05, 3.63) is 65.2 Å². The van der Waals surface area contributed by atoms with Crippen molar-refractivity contribution in [1.82, 2.24) is 16.0 Å². The highest BCUT2D eigenvalue weighted by Crippen LogP contribution is 2.47. The fourth-order valence-corrected chi connectivity index (χ4v) is 3.81. The minimum absolute atomic E-state index is 0.0734. The largest absolute Gasteiger partial charge is 0.481 e. The van der Waals surface area contributed by atoms with Gasteiger partial charge < -0.3 is 25.8 Å². The van der Waals surface area contributed by atoms with Crippen molar-refractivity contribution in [3.63, 3.8) is 0 Å². The van der Waals surface area contributed by atoms with Crippen LogP contribution < -0.4 is 20.7 Å². The molecule has 2 aromatic carbocycles. The van der Waals surface area contributed by atoms with Crippen molar-refractivity contribution in [2.75, 3.05) is 13.2 Å². The van der Waals surface area contributed by atoms with Crippen molar-refractivity contribution < 1.29 is 51.4 Å². The van der Waals surface area contributed by atoms with E-state index in [4.69, 9.17) is 5.11 Å². The Morgan fingerprint density at radius 2 is 1.55 bits per heavy atom. The molecule has 0 spiro atoms. The van der Waals surface area contributed by atoms with Crippen molar-refractivity contribution in [2.24, 2.45) is 0 Å². The van der Waals surface area contributed by atoms with Gasteiger partial charge in [-0.25, -0.2) is 8.78 Å². The Kier molecular flexibility index (Phi) is 9.45. The zero-order valence-electron chi connectivity index (χ0n) is 21.1. The maximum atomic E-state index is 13.8. The van der Waals surface area contributed by atoms with Gasteiger partial charge in [0.15, 0.2) is 23.2 Å². The van der Waals surface area contributed by atoms with E-state index in [1.165, 1.54) is 0 Å². The maximum Gasteiger partial charge on any atom is 0.309 e. The summed E-state index contributed by atoms with van der Waals surface area (Å²) in [4.78, 5) is 60.7. The molecule has 3 rings (SSSR count). The highest BCUT2D eigenvalue weighted by molar-refractivity contribution is 6.35. The standard InChI is InChI=1S/C26H25F4N3O7/c1-13(32-25(39)24(38)31-12-26(7-8-26)14-5-3-2-4-6-14)23(37)33-17(10-19(35)36)18(34)11-40-22-20(29)15(27)9-16(28)21(22)30/h2-6,9,13,17H,7-8,10-12H2,1H3,(H,31,38)(H,32,39)(H,33,37)(H,35,36)/t13-,17-/m0/s1. The molecule has 2 aromatic rings. The SMILES string of the molecule is C[C@H](NC(=O)C(=O)NCC1(c2ccccc2)CC1)C(=O)N[C@@H](CC(=O)O)C(=O)COc1c(F)c(F)cc(F)c1F. The summed E-state index contributed by atoms with van der Waals surface area (Å²) in [6, 6.07) is 6.08. The summed E-state index contributed by atoms with van der Waals surface area (Å²) in [5.41, 5.74) is 0.727. The topological polar surface area (TPSA) is 151 Å². The van der Waals surface area contributed by atoms with E-state index < -0.39 is 83.6 Å². The first-order valence-corrected chi connectivity index (χ1v) is 12.0. The van der Waals surface area contributed by atoms with Crippen molar-refractivity contribution in [2.45, 2.75) is 43.7 Å². The molecule has 0 aliphatic heterocycles. The van der Waals surface area contributed by atoms with E-state index >= 15 is 0 Å². The van der Waals surface area contributed by atoms with Crippen molar-refractivity contribution in [3.8, 4) is 5.75 Å². The first-order valence-electron chi connectivity index (χ1n) is 12.0. The number of carboxylic acids is 1. The summed E-state index contributed by atoms with van der Waals surface area (Å²) in [6.07, 6.45) is 0.626. The van der Waals surface area contributed by atoms with Crippen LogP contribution in [0.2, 0.25) is 0 Å². The van der Waals surface area contributed by atoms with Crippen LogP contribution in [0.5, 0.6) is 5.75 Å². The van der Waals surface area contributed by atoms with E-state index in [0.717, 1.165) is 25.3 Å². The first-order chi connectivity index (χ1) is 18.8. The average molecular weight is 567 g/mol. The van der Waals surface area contributed by atoms with Crippen molar-refractivity contribution in [1.29, 1.82) is 0 Å².